The lowest BCUT2D eigenvalue weighted by Crippen LogP contribution is -2.16. The summed E-state index contributed by atoms with van der Waals surface area (Å²) in [5, 5.41) is 12.1. The molecule has 170 valence electrons. The Morgan fingerprint density at radius 1 is 1.09 bits per heavy atom. The molecule has 8 heteroatoms. The van der Waals surface area contributed by atoms with E-state index in [9.17, 15) is 4.79 Å². The maximum atomic E-state index is 12.5. The number of thioether (sulfide) groups is 1. The van der Waals surface area contributed by atoms with Crippen LogP contribution in [0.1, 0.15) is 36.4 Å². The number of nitrogens with zero attached hydrogens (tertiary/aromatic N) is 3. The van der Waals surface area contributed by atoms with Crippen molar-refractivity contribution in [2.75, 3.05) is 17.7 Å². The largest absolute Gasteiger partial charge is 0.490 e. The number of amides is 1. The van der Waals surface area contributed by atoms with E-state index in [1.165, 1.54) is 11.8 Å². The number of ether oxygens (including phenoxy) is 2. The van der Waals surface area contributed by atoms with Crippen molar-refractivity contribution in [1.29, 1.82) is 0 Å². The molecule has 0 aliphatic carbocycles. The Kier molecular flexibility index (Phi) is 8.16. The Balaban J connectivity index is 1.59. The molecule has 0 atom stereocenters. The highest BCUT2D eigenvalue weighted by Gasteiger charge is 2.14. The molecular weight excluding hydrogens is 424 g/mol. The first kappa shape index (κ1) is 23.7. The van der Waals surface area contributed by atoms with Crippen molar-refractivity contribution in [3.05, 3.63) is 58.9 Å². The molecule has 3 rings (SSSR count). The van der Waals surface area contributed by atoms with Crippen LogP contribution in [0.5, 0.6) is 11.5 Å². The van der Waals surface area contributed by atoms with E-state index in [4.69, 9.17) is 9.47 Å². The second kappa shape index (κ2) is 11.0. The highest BCUT2D eigenvalue weighted by molar-refractivity contribution is 7.99. The van der Waals surface area contributed by atoms with Gasteiger partial charge in [0.1, 0.15) is 6.61 Å². The molecule has 32 heavy (non-hydrogen) atoms. The fourth-order valence-electron chi connectivity index (χ4n) is 3.25. The summed E-state index contributed by atoms with van der Waals surface area (Å²) in [6, 6.07) is 11.9. The maximum Gasteiger partial charge on any atom is 0.234 e. The Morgan fingerprint density at radius 3 is 2.66 bits per heavy atom. The van der Waals surface area contributed by atoms with Crippen LogP contribution in [-0.4, -0.2) is 33.0 Å². The summed E-state index contributed by atoms with van der Waals surface area (Å²) in [7, 11) is 1.87. The molecule has 0 saturated heterocycles. The van der Waals surface area contributed by atoms with Gasteiger partial charge in [0, 0.05) is 12.7 Å². The molecular formula is C24H30N4O3S. The molecule has 0 aliphatic heterocycles. The minimum atomic E-state index is -0.0687. The second-order valence-corrected chi connectivity index (χ2v) is 8.37. The molecule has 0 aliphatic rings. The van der Waals surface area contributed by atoms with Crippen LogP contribution in [-0.2, 0) is 24.9 Å². The quantitative estimate of drug-likeness (QED) is 0.447. The summed E-state index contributed by atoms with van der Waals surface area (Å²) in [4.78, 5) is 12.5. The number of para-hydroxylation sites is 1. The lowest BCUT2D eigenvalue weighted by Gasteiger charge is -2.13. The van der Waals surface area contributed by atoms with Gasteiger partial charge in [0.25, 0.3) is 0 Å². The van der Waals surface area contributed by atoms with E-state index in [-0.39, 0.29) is 18.3 Å². The molecule has 2 aromatic carbocycles. The van der Waals surface area contributed by atoms with Gasteiger partial charge < -0.3 is 19.4 Å². The highest BCUT2D eigenvalue weighted by Crippen LogP contribution is 2.29. The van der Waals surface area contributed by atoms with E-state index >= 15 is 0 Å². The molecule has 7 nitrogen and oxygen atoms in total. The second-order valence-electron chi connectivity index (χ2n) is 7.43. The Bertz CT molecular complexity index is 1080. The smallest absolute Gasteiger partial charge is 0.234 e. The van der Waals surface area contributed by atoms with Gasteiger partial charge in [-0.1, -0.05) is 43.0 Å². The number of aryl methyl sites for hydroxylation is 3. The predicted molar refractivity (Wildman–Crippen MR) is 128 cm³/mol. The number of hydrogen-bond donors (Lipinski definition) is 1. The lowest BCUT2D eigenvalue weighted by molar-refractivity contribution is -0.113. The van der Waals surface area contributed by atoms with Crippen LogP contribution < -0.4 is 14.8 Å². The molecule has 3 aromatic rings. The van der Waals surface area contributed by atoms with Gasteiger partial charge in [-0.25, -0.2) is 0 Å². The number of carbonyl (C=O) groups excluding carboxylic acids is 1. The van der Waals surface area contributed by atoms with Gasteiger partial charge in [-0.05, 0) is 56.0 Å². The number of nitrogens with one attached hydrogen (secondary N) is 1. The van der Waals surface area contributed by atoms with Gasteiger partial charge >= 0.3 is 0 Å². The standard InChI is InChI=1S/C24H30N4O3S/c1-6-18-10-8-9-17(4)23(18)25-22(29)15-32-24-27-26-21(28(24)5)14-31-19-12-11-16(3)13-20(19)30-7-2/h8-13H,6-7,14-15H2,1-5H3,(H,25,29). The van der Waals surface area contributed by atoms with Crippen LogP contribution in [0.25, 0.3) is 0 Å². The molecule has 1 heterocycles. The summed E-state index contributed by atoms with van der Waals surface area (Å²) in [6.45, 7) is 8.85. The van der Waals surface area contributed by atoms with E-state index in [1.54, 1.807) is 0 Å². The van der Waals surface area contributed by atoms with E-state index in [1.807, 2.05) is 68.8 Å². The minimum absolute atomic E-state index is 0.0687. The third-order valence-electron chi connectivity index (χ3n) is 5.02. The predicted octanol–water partition coefficient (Wildman–Crippen LogP) is 4.70. The van der Waals surface area contributed by atoms with E-state index < -0.39 is 0 Å². The van der Waals surface area contributed by atoms with E-state index in [2.05, 4.69) is 22.4 Å². The van der Waals surface area contributed by atoms with Crippen molar-refractivity contribution >= 4 is 23.4 Å². The van der Waals surface area contributed by atoms with Crippen molar-refractivity contribution in [3.8, 4) is 11.5 Å². The fourth-order valence-corrected chi connectivity index (χ4v) is 3.98. The molecule has 1 aromatic heterocycles. The van der Waals surface area contributed by atoms with Crippen molar-refractivity contribution in [2.45, 2.75) is 45.9 Å². The summed E-state index contributed by atoms with van der Waals surface area (Å²) in [5.74, 6) is 2.23. The molecule has 1 N–H and O–H groups in total. The number of carbonyl (C=O) groups is 1. The van der Waals surface area contributed by atoms with Crippen LogP contribution in [0.2, 0.25) is 0 Å². The van der Waals surface area contributed by atoms with Gasteiger partial charge in [0.05, 0.1) is 12.4 Å². The Labute approximate surface area is 193 Å². The first-order chi connectivity index (χ1) is 15.4. The summed E-state index contributed by atoms with van der Waals surface area (Å²) < 4.78 is 13.4. The van der Waals surface area contributed by atoms with Crippen molar-refractivity contribution in [2.24, 2.45) is 7.05 Å². The first-order valence-corrected chi connectivity index (χ1v) is 11.7. The van der Waals surface area contributed by atoms with Gasteiger partial charge in [-0.3, -0.25) is 4.79 Å². The van der Waals surface area contributed by atoms with Gasteiger partial charge in [-0.2, -0.15) is 0 Å². The molecule has 0 radical (unpaired) electrons. The number of hydrogen-bond acceptors (Lipinski definition) is 6. The van der Waals surface area contributed by atoms with Gasteiger partial charge in [0.2, 0.25) is 5.91 Å². The van der Waals surface area contributed by atoms with Crippen LogP contribution in [0, 0.1) is 13.8 Å². The fraction of sp³-hybridized carbons (Fsp3) is 0.375. The zero-order chi connectivity index (χ0) is 23.1. The van der Waals surface area contributed by atoms with Gasteiger partial charge in [0.15, 0.2) is 22.5 Å². The molecule has 0 unspecified atom stereocenters. The third-order valence-corrected chi connectivity index (χ3v) is 6.04. The summed E-state index contributed by atoms with van der Waals surface area (Å²) in [6.07, 6.45) is 0.864. The van der Waals surface area contributed by atoms with E-state index in [0.29, 0.717) is 29.1 Å². The van der Waals surface area contributed by atoms with Crippen molar-refractivity contribution in [3.63, 3.8) is 0 Å². The monoisotopic (exact) mass is 454 g/mol. The zero-order valence-electron chi connectivity index (χ0n) is 19.3. The Morgan fingerprint density at radius 2 is 1.91 bits per heavy atom. The van der Waals surface area contributed by atoms with Crippen molar-refractivity contribution < 1.29 is 14.3 Å². The van der Waals surface area contributed by atoms with Crippen LogP contribution in [0.4, 0.5) is 5.69 Å². The first-order valence-electron chi connectivity index (χ1n) is 10.7. The lowest BCUT2D eigenvalue weighted by atomic mass is 10.1. The topological polar surface area (TPSA) is 78.3 Å². The molecule has 0 spiro atoms. The van der Waals surface area contributed by atoms with Crippen LogP contribution in [0.3, 0.4) is 0 Å². The molecule has 0 bridgehead atoms. The maximum absolute atomic E-state index is 12.5. The average Bonchev–Trinajstić information content (AvgIpc) is 3.12. The molecule has 1 amide bonds. The van der Waals surface area contributed by atoms with E-state index in [0.717, 1.165) is 28.8 Å². The third kappa shape index (κ3) is 5.82. The minimum Gasteiger partial charge on any atom is -0.490 e. The number of rotatable bonds is 10. The number of anilines is 1. The van der Waals surface area contributed by atoms with Crippen LogP contribution in [0.15, 0.2) is 41.6 Å². The highest BCUT2D eigenvalue weighted by atomic mass is 32.2. The SMILES string of the molecule is CCOc1cc(C)ccc1OCc1nnc(SCC(=O)Nc2c(C)cccc2CC)n1C. The van der Waals surface area contributed by atoms with Gasteiger partial charge in [-0.15, -0.1) is 10.2 Å². The molecule has 0 saturated carbocycles. The number of aromatic nitrogens is 3. The summed E-state index contributed by atoms with van der Waals surface area (Å²) in [5.41, 5.74) is 4.19. The van der Waals surface area contributed by atoms with Crippen LogP contribution >= 0.6 is 11.8 Å². The zero-order valence-corrected chi connectivity index (χ0v) is 20.1. The van der Waals surface area contributed by atoms with Crippen molar-refractivity contribution in [1.82, 2.24) is 14.8 Å². The Hall–Kier alpha value is -3.00. The number of benzene rings is 2. The summed E-state index contributed by atoms with van der Waals surface area (Å²) >= 11 is 1.35. The normalized spacial score (nSPS) is 10.8. The molecule has 0 fully saturated rings. The average molecular weight is 455 g/mol.